The predicted octanol–water partition coefficient (Wildman–Crippen LogP) is 3.24. The maximum atomic E-state index is 12.6. The van der Waals surface area contributed by atoms with Crippen molar-refractivity contribution in [3.05, 3.63) is 66.3 Å². The molecule has 1 heterocycles. The van der Waals surface area contributed by atoms with Gasteiger partial charge in [-0.3, -0.25) is 0 Å². The Hall–Kier alpha value is -2.54. The van der Waals surface area contributed by atoms with Crippen molar-refractivity contribution in [2.75, 3.05) is 0 Å². The van der Waals surface area contributed by atoms with Crippen LogP contribution in [0.3, 0.4) is 0 Å². The van der Waals surface area contributed by atoms with Gasteiger partial charge < -0.3 is 16.0 Å². The fourth-order valence-electron chi connectivity index (χ4n) is 2.67. The third-order valence-corrected chi connectivity index (χ3v) is 4.05. The molecule has 1 aliphatic carbocycles. The van der Waals surface area contributed by atoms with Gasteiger partial charge in [0.1, 0.15) is 0 Å². The highest BCUT2D eigenvalue weighted by Crippen LogP contribution is 2.32. The van der Waals surface area contributed by atoms with Gasteiger partial charge in [0.25, 0.3) is 0 Å². The molecule has 4 nitrogen and oxygen atoms in total. The lowest BCUT2D eigenvalue weighted by Crippen LogP contribution is -2.44. The van der Waals surface area contributed by atoms with E-state index in [1.807, 2.05) is 23.6 Å². The van der Waals surface area contributed by atoms with Crippen molar-refractivity contribution < 1.29 is 13.2 Å². The predicted molar refractivity (Wildman–Crippen MR) is 85.7 cm³/mol. The normalized spacial score (nSPS) is 24.0. The summed E-state index contributed by atoms with van der Waals surface area (Å²) in [5.74, 6) is 0. The number of aromatic nitrogens is 2. The number of alkyl halides is 3. The topological polar surface area (TPSA) is 69.9 Å². The molecule has 2 atom stereocenters. The van der Waals surface area contributed by atoms with E-state index >= 15 is 0 Å². The number of halogens is 3. The lowest BCUT2D eigenvalue weighted by molar-refractivity contribution is -0.137. The summed E-state index contributed by atoms with van der Waals surface area (Å²) in [7, 11) is 0. The first-order chi connectivity index (χ1) is 11.2. The van der Waals surface area contributed by atoms with Gasteiger partial charge in [-0.25, -0.2) is 4.98 Å². The zero-order chi connectivity index (χ0) is 17.5. The summed E-state index contributed by atoms with van der Waals surface area (Å²) in [6.45, 7) is 1.87. The van der Waals surface area contributed by atoms with Gasteiger partial charge in [0.15, 0.2) is 0 Å². The van der Waals surface area contributed by atoms with Crippen molar-refractivity contribution in [2.45, 2.75) is 24.7 Å². The summed E-state index contributed by atoms with van der Waals surface area (Å²) in [5, 5.41) is 0. The Labute approximate surface area is 137 Å². The standard InChI is InChI=1S/C17H17F3N4/c1-16(22)7-6-13(21)8-15(16)24-9-14(23-10-24)11-2-4-12(5-3-11)17(18,19)20/h2-10,15H,21-22H2,1H3. The molecule has 0 saturated heterocycles. The molecule has 0 amide bonds. The first-order valence-electron chi connectivity index (χ1n) is 7.33. The molecule has 1 aromatic carbocycles. The number of rotatable bonds is 2. The van der Waals surface area contributed by atoms with E-state index < -0.39 is 17.3 Å². The molecule has 0 bridgehead atoms. The van der Waals surface area contributed by atoms with Gasteiger partial charge in [-0.05, 0) is 31.2 Å². The van der Waals surface area contributed by atoms with Gasteiger partial charge in [0.2, 0.25) is 0 Å². The molecule has 2 aromatic rings. The molecule has 0 radical (unpaired) electrons. The Bertz CT molecular complexity index is 798. The van der Waals surface area contributed by atoms with E-state index in [-0.39, 0.29) is 6.04 Å². The number of benzene rings is 1. The monoisotopic (exact) mass is 334 g/mol. The number of nitrogens with zero attached hydrogens (tertiary/aromatic N) is 2. The minimum atomic E-state index is -4.35. The second-order valence-electron chi connectivity index (χ2n) is 6.09. The molecule has 0 aliphatic heterocycles. The molecule has 2 unspecified atom stereocenters. The lowest BCUT2D eigenvalue weighted by atomic mass is 9.88. The van der Waals surface area contributed by atoms with Crippen LogP contribution < -0.4 is 11.5 Å². The molecule has 1 aromatic heterocycles. The molecule has 0 saturated carbocycles. The molecule has 0 spiro atoms. The van der Waals surface area contributed by atoms with Crippen molar-refractivity contribution in [1.82, 2.24) is 9.55 Å². The number of hydrogen-bond acceptors (Lipinski definition) is 3. The number of imidazole rings is 1. The summed E-state index contributed by atoms with van der Waals surface area (Å²) < 4.78 is 39.7. The van der Waals surface area contributed by atoms with Crippen molar-refractivity contribution in [1.29, 1.82) is 0 Å². The van der Waals surface area contributed by atoms with E-state index in [4.69, 9.17) is 11.5 Å². The third kappa shape index (κ3) is 3.07. The third-order valence-electron chi connectivity index (χ3n) is 4.05. The van der Waals surface area contributed by atoms with Gasteiger partial charge in [-0.1, -0.05) is 18.2 Å². The summed E-state index contributed by atoms with van der Waals surface area (Å²) in [6, 6.07) is 4.67. The van der Waals surface area contributed by atoms with Crippen molar-refractivity contribution in [2.24, 2.45) is 11.5 Å². The molecule has 0 fully saturated rings. The molecule has 3 rings (SSSR count). The molecule has 1 aliphatic rings. The van der Waals surface area contributed by atoms with Gasteiger partial charge in [0.05, 0.1) is 29.2 Å². The van der Waals surface area contributed by atoms with Gasteiger partial charge in [-0.15, -0.1) is 0 Å². The van der Waals surface area contributed by atoms with Crippen LogP contribution in [0.5, 0.6) is 0 Å². The molecule has 4 N–H and O–H groups in total. The van der Waals surface area contributed by atoms with E-state index in [0.29, 0.717) is 17.0 Å². The zero-order valence-electron chi connectivity index (χ0n) is 13.0. The fourth-order valence-corrected chi connectivity index (χ4v) is 2.67. The van der Waals surface area contributed by atoms with Crippen molar-refractivity contribution >= 4 is 0 Å². The van der Waals surface area contributed by atoms with Crippen LogP contribution in [0.25, 0.3) is 11.3 Å². The number of nitrogens with two attached hydrogens (primary N) is 2. The highest BCUT2D eigenvalue weighted by atomic mass is 19.4. The van der Waals surface area contributed by atoms with E-state index in [0.717, 1.165) is 12.1 Å². The first-order valence-corrected chi connectivity index (χ1v) is 7.33. The van der Waals surface area contributed by atoms with Crippen LogP contribution in [0, 0.1) is 0 Å². The maximum Gasteiger partial charge on any atom is 0.416 e. The van der Waals surface area contributed by atoms with Crippen LogP contribution in [0.1, 0.15) is 18.5 Å². The molecule has 126 valence electrons. The van der Waals surface area contributed by atoms with E-state index in [9.17, 15) is 13.2 Å². The highest BCUT2D eigenvalue weighted by Gasteiger charge is 2.31. The zero-order valence-corrected chi connectivity index (χ0v) is 13.0. The fraction of sp³-hybridized carbons (Fsp3) is 0.235. The minimum absolute atomic E-state index is 0.224. The summed E-state index contributed by atoms with van der Waals surface area (Å²) in [6.07, 6.45) is 4.41. The maximum absolute atomic E-state index is 12.6. The van der Waals surface area contributed by atoms with Crippen molar-refractivity contribution in [3.8, 4) is 11.3 Å². The Morgan fingerprint density at radius 1 is 1.21 bits per heavy atom. The molecular weight excluding hydrogens is 317 g/mol. The van der Waals surface area contributed by atoms with Crippen LogP contribution in [-0.2, 0) is 6.18 Å². The van der Waals surface area contributed by atoms with Crippen LogP contribution in [0.15, 0.2) is 60.7 Å². The highest BCUT2D eigenvalue weighted by molar-refractivity contribution is 5.59. The molecule has 7 heteroatoms. The quantitative estimate of drug-likeness (QED) is 0.886. The van der Waals surface area contributed by atoms with Crippen LogP contribution in [0.2, 0.25) is 0 Å². The van der Waals surface area contributed by atoms with Crippen molar-refractivity contribution in [3.63, 3.8) is 0 Å². The van der Waals surface area contributed by atoms with Gasteiger partial charge in [-0.2, -0.15) is 13.2 Å². The summed E-state index contributed by atoms with van der Waals surface area (Å²) in [5.41, 5.74) is 12.6. The summed E-state index contributed by atoms with van der Waals surface area (Å²) >= 11 is 0. The Kier molecular flexibility index (Phi) is 3.76. The Morgan fingerprint density at radius 3 is 2.50 bits per heavy atom. The van der Waals surface area contributed by atoms with Crippen LogP contribution >= 0.6 is 0 Å². The van der Waals surface area contributed by atoms with E-state index in [1.54, 1.807) is 18.6 Å². The van der Waals surface area contributed by atoms with Crippen LogP contribution in [0.4, 0.5) is 13.2 Å². The van der Waals surface area contributed by atoms with Gasteiger partial charge >= 0.3 is 6.18 Å². The second-order valence-corrected chi connectivity index (χ2v) is 6.09. The average Bonchev–Trinajstić information content (AvgIpc) is 2.98. The number of hydrogen-bond donors (Lipinski definition) is 2. The van der Waals surface area contributed by atoms with Crippen LogP contribution in [-0.4, -0.2) is 15.1 Å². The first kappa shape index (κ1) is 16.3. The SMILES string of the molecule is CC1(N)C=CC(N)=CC1n1cnc(-c2ccc(C(F)(F)F)cc2)c1. The lowest BCUT2D eigenvalue weighted by Gasteiger charge is -2.33. The molecule has 24 heavy (non-hydrogen) atoms. The molecular formula is C17H17F3N4. The number of allylic oxidation sites excluding steroid dienone is 1. The Morgan fingerprint density at radius 2 is 1.88 bits per heavy atom. The van der Waals surface area contributed by atoms with E-state index in [2.05, 4.69) is 4.98 Å². The summed E-state index contributed by atoms with van der Waals surface area (Å²) in [4.78, 5) is 4.28. The largest absolute Gasteiger partial charge is 0.416 e. The van der Waals surface area contributed by atoms with E-state index in [1.165, 1.54) is 12.1 Å². The minimum Gasteiger partial charge on any atom is -0.399 e. The average molecular weight is 334 g/mol. The second kappa shape index (κ2) is 5.52. The van der Waals surface area contributed by atoms with Gasteiger partial charge in [0, 0.05) is 17.5 Å². The smallest absolute Gasteiger partial charge is 0.399 e. The Balaban J connectivity index is 1.90.